The number of rotatable bonds is 5. The molecule has 130 valence electrons. The Hall–Kier alpha value is -0.660. The van der Waals surface area contributed by atoms with Crippen LogP contribution in [-0.4, -0.2) is 52.1 Å². The summed E-state index contributed by atoms with van der Waals surface area (Å²) in [6.07, 6.45) is 2.16. The number of amides is 1. The molecule has 1 fully saturated rings. The Balaban J connectivity index is 1.36. The molecule has 0 spiro atoms. The Morgan fingerprint density at radius 3 is 2.67 bits per heavy atom. The van der Waals surface area contributed by atoms with E-state index in [0.29, 0.717) is 11.7 Å². The average Bonchev–Trinajstić information content (AvgIpc) is 3.13. The van der Waals surface area contributed by atoms with Crippen molar-refractivity contribution in [1.29, 1.82) is 0 Å². The Morgan fingerprint density at radius 1 is 1.25 bits per heavy atom. The van der Waals surface area contributed by atoms with Gasteiger partial charge in [-0.15, -0.1) is 11.8 Å². The summed E-state index contributed by atoms with van der Waals surface area (Å²) < 4.78 is 14.1. The Kier molecular flexibility index (Phi) is 6.92. The summed E-state index contributed by atoms with van der Waals surface area (Å²) >= 11 is 5.23. The molecular formula is C17H21FN2OS3. The van der Waals surface area contributed by atoms with Gasteiger partial charge in [0.15, 0.2) is 0 Å². The van der Waals surface area contributed by atoms with E-state index >= 15 is 0 Å². The molecule has 3 rings (SSSR count). The number of carbonyl (C=O) groups excluding carboxylic acids is 1. The third kappa shape index (κ3) is 5.43. The number of benzene rings is 1. The van der Waals surface area contributed by atoms with Gasteiger partial charge in [0.1, 0.15) is 10.2 Å². The molecule has 1 aromatic rings. The maximum absolute atomic E-state index is 12.9. The minimum Gasteiger partial charge on any atom is -0.342 e. The van der Waals surface area contributed by atoms with Gasteiger partial charge in [-0.25, -0.2) is 4.39 Å². The second-order valence-electron chi connectivity index (χ2n) is 5.87. The zero-order valence-electron chi connectivity index (χ0n) is 13.4. The van der Waals surface area contributed by atoms with Crippen molar-refractivity contribution < 1.29 is 9.18 Å². The number of thioether (sulfide) groups is 3. The number of likely N-dealkylation sites (tertiary alicyclic amines) is 1. The van der Waals surface area contributed by atoms with Crippen molar-refractivity contribution in [3.63, 3.8) is 0 Å². The highest BCUT2D eigenvalue weighted by Gasteiger charge is 2.23. The van der Waals surface area contributed by atoms with Gasteiger partial charge in [-0.3, -0.25) is 9.79 Å². The summed E-state index contributed by atoms with van der Waals surface area (Å²) in [5.74, 6) is 3.31. The molecule has 0 N–H and O–H groups in total. The van der Waals surface area contributed by atoms with Crippen molar-refractivity contribution >= 4 is 45.6 Å². The lowest BCUT2D eigenvalue weighted by Gasteiger charge is -2.31. The first-order valence-electron chi connectivity index (χ1n) is 8.17. The van der Waals surface area contributed by atoms with E-state index in [2.05, 4.69) is 4.99 Å². The van der Waals surface area contributed by atoms with Crippen LogP contribution in [0.15, 0.2) is 34.2 Å². The number of nitrogens with zero attached hydrogens (tertiary/aromatic N) is 2. The van der Waals surface area contributed by atoms with Gasteiger partial charge in [0, 0.05) is 29.5 Å². The highest BCUT2D eigenvalue weighted by Crippen LogP contribution is 2.28. The molecule has 1 aromatic carbocycles. The molecule has 2 heterocycles. The lowest BCUT2D eigenvalue weighted by Crippen LogP contribution is -2.40. The lowest BCUT2D eigenvalue weighted by molar-refractivity contribution is -0.129. The second kappa shape index (κ2) is 9.15. The maximum Gasteiger partial charge on any atom is 0.232 e. The molecule has 0 aromatic heterocycles. The minimum atomic E-state index is -0.243. The van der Waals surface area contributed by atoms with E-state index in [4.69, 9.17) is 0 Å². The number of halogens is 1. The topological polar surface area (TPSA) is 32.7 Å². The normalized spacial score (nSPS) is 18.7. The molecular weight excluding hydrogens is 363 g/mol. The van der Waals surface area contributed by atoms with Gasteiger partial charge >= 0.3 is 0 Å². The molecule has 0 aliphatic carbocycles. The van der Waals surface area contributed by atoms with Gasteiger partial charge in [-0.1, -0.05) is 23.5 Å². The number of piperidine rings is 1. The van der Waals surface area contributed by atoms with E-state index in [1.54, 1.807) is 12.1 Å². The predicted molar refractivity (Wildman–Crippen MR) is 104 cm³/mol. The molecule has 2 aliphatic rings. The van der Waals surface area contributed by atoms with Gasteiger partial charge in [-0.05, 0) is 43.0 Å². The zero-order valence-corrected chi connectivity index (χ0v) is 15.9. The molecule has 1 saturated heterocycles. The highest BCUT2D eigenvalue weighted by atomic mass is 32.2. The molecule has 24 heavy (non-hydrogen) atoms. The van der Waals surface area contributed by atoms with Crippen LogP contribution in [0.3, 0.4) is 0 Å². The van der Waals surface area contributed by atoms with Crippen molar-refractivity contribution in [2.45, 2.75) is 17.7 Å². The highest BCUT2D eigenvalue weighted by molar-refractivity contribution is 8.39. The molecule has 2 aliphatic heterocycles. The first kappa shape index (κ1) is 18.1. The van der Waals surface area contributed by atoms with Crippen LogP contribution in [0, 0.1) is 11.7 Å². The van der Waals surface area contributed by atoms with Crippen LogP contribution in [0.4, 0.5) is 4.39 Å². The quantitative estimate of drug-likeness (QED) is 0.719. The van der Waals surface area contributed by atoms with Crippen molar-refractivity contribution in [3.8, 4) is 0 Å². The first-order chi connectivity index (χ1) is 11.7. The van der Waals surface area contributed by atoms with Gasteiger partial charge in [0.05, 0.1) is 12.3 Å². The Labute approximate surface area is 155 Å². The van der Waals surface area contributed by atoms with Crippen molar-refractivity contribution in [3.05, 3.63) is 30.1 Å². The molecule has 0 radical (unpaired) electrons. The van der Waals surface area contributed by atoms with E-state index in [-0.39, 0.29) is 11.7 Å². The van der Waals surface area contributed by atoms with E-state index in [0.717, 1.165) is 48.9 Å². The smallest absolute Gasteiger partial charge is 0.232 e. The summed E-state index contributed by atoms with van der Waals surface area (Å²) in [6.45, 7) is 2.67. The monoisotopic (exact) mass is 384 g/mol. The van der Waals surface area contributed by atoms with Crippen LogP contribution >= 0.6 is 35.3 Å². The summed E-state index contributed by atoms with van der Waals surface area (Å²) in [7, 11) is 0. The maximum atomic E-state index is 12.9. The van der Waals surface area contributed by atoms with Crippen molar-refractivity contribution in [1.82, 2.24) is 4.90 Å². The van der Waals surface area contributed by atoms with E-state index < -0.39 is 0 Å². The summed E-state index contributed by atoms with van der Waals surface area (Å²) in [4.78, 5) is 19.7. The van der Waals surface area contributed by atoms with Gasteiger partial charge in [-0.2, -0.15) is 0 Å². The van der Waals surface area contributed by atoms with Crippen LogP contribution in [0.25, 0.3) is 0 Å². The summed E-state index contributed by atoms with van der Waals surface area (Å²) in [6, 6.07) is 6.31. The standard InChI is InChI=1S/C17H21FN2OS3/c18-14-1-3-15(4-2-14)23-12-16(21)20-8-5-13(6-9-20)11-24-17-19-7-10-22-17/h1-4,13H,5-12H2. The fourth-order valence-electron chi connectivity index (χ4n) is 2.71. The second-order valence-corrected chi connectivity index (χ2v) is 9.27. The van der Waals surface area contributed by atoms with Gasteiger partial charge < -0.3 is 4.90 Å². The van der Waals surface area contributed by atoms with Crippen LogP contribution < -0.4 is 0 Å². The van der Waals surface area contributed by atoms with Crippen LogP contribution in [0.1, 0.15) is 12.8 Å². The van der Waals surface area contributed by atoms with Crippen molar-refractivity contribution in [2.75, 3.05) is 36.9 Å². The third-order valence-electron chi connectivity index (χ3n) is 4.14. The van der Waals surface area contributed by atoms with E-state index in [9.17, 15) is 9.18 Å². The molecule has 0 bridgehead atoms. The number of aliphatic imine (C=N–C) groups is 1. The van der Waals surface area contributed by atoms with Crippen LogP contribution in [0.5, 0.6) is 0 Å². The summed E-state index contributed by atoms with van der Waals surface area (Å²) in [5.41, 5.74) is 0. The molecule has 7 heteroatoms. The Morgan fingerprint density at radius 2 is 2.00 bits per heavy atom. The van der Waals surface area contributed by atoms with Crippen LogP contribution in [-0.2, 0) is 4.79 Å². The molecule has 1 amide bonds. The van der Waals surface area contributed by atoms with Gasteiger partial charge in [0.25, 0.3) is 0 Å². The predicted octanol–water partition coefficient (Wildman–Crippen LogP) is 3.99. The van der Waals surface area contributed by atoms with E-state index in [1.807, 2.05) is 28.4 Å². The number of hydrogen-bond acceptors (Lipinski definition) is 5. The largest absolute Gasteiger partial charge is 0.342 e. The average molecular weight is 385 g/mol. The molecule has 0 saturated carbocycles. The lowest BCUT2D eigenvalue weighted by atomic mass is 9.99. The van der Waals surface area contributed by atoms with E-state index in [1.165, 1.54) is 28.3 Å². The number of hydrogen-bond donors (Lipinski definition) is 0. The van der Waals surface area contributed by atoms with Crippen molar-refractivity contribution in [2.24, 2.45) is 10.9 Å². The van der Waals surface area contributed by atoms with Gasteiger partial charge in [0.2, 0.25) is 5.91 Å². The minimum absolute atomic E-state index is 0.186. The third-order valence-corrected chi connectivity index (χ3v) is 7.62. The first-order valence-corrected chi connectivity index (χ1v) is 11.1. The molecule has 0 atom stereocenters. The summed E-state index contributed by atoms with van der Waals surface area (Å²) in [5, 5.41) is 0. The number of carbonyl (C=O) groups is 1. The fourth-order valence-corrected chi connectivity index (χ4v) is 5.73. The van der Waals surface area contributed by atoms with Crippen LogP contribution in [0.2, 0.25) is 0 Å². The Bertz CT molecular complexity index is 586. The molecule has 0 unspecified atom stereocenters. The SMILES string of the molecule is O=C(CSc1ccc(F)cc1)N1CCC(CSC2=NCCS2)CC1. The zero-order chi connectivity index (χ0) is 16.8. The fraction of sp³-hybridized carbons (Fsp3) is 0.529. The molecule has 3 nitrogen and oxygen atoms in total.